The van der Waals surface area contributed by atoms with E-state index in [4.69, 9.17) is 5.73 Å². The van der Waals surface area contributed by atoms with Crippen molar-refractivity contribution in [3.8, 4) is 0 Å². The van der Waals surface area contributed by atoms with Gasteiger partial charge in [0.1, 0.15) is 0 Å². The molecule has 0 spiro atoms. The number of carbonyl (C=O) groups excluding carboxylic acids is 1. The number of nitrogens with two attached hydrogens (primary N) is 1. The van der Waals surface area contributed by atoms with Gasteiger partial charge in [0.15, 0.2) is 0 Å². The fourth-order valence-electron chi connectivity index (χ4n) is 2.30. The van der Waals surface area contributed by atoms with E-state index in [0.29, 0.717) is 6.42 Å². The van der Waals surface area contributed by atoms with Crippen LogP contribution in [0.15, 0.2) is 30.3 Å². The summed E-state index contributed by atoms with van der Waals surface area (Å²) in [6, 6.07) is 9.98. The second-order valence-electron chi connectivity index (χ2n) is 4.90. The molecule has 1 unspecified atom stereocenters. The molecule has 1 aromatic carbocycles. The molecule has 0 bridgehead atoms. The van der Waals surface area contributed by atoms with Crippen LogP contribution in [0, 0.1) is 0 Å². The van der Waals surface area contributed by atoms with Crippen molar-refractivity contribution in [1.29, 1.82) is 0 Å². The highest BCUT2D eigenvalue weighted by Gasteiger charge is 2.16. The molecule has 0 saturated carbocycles. The highest BCUT2D eigenvalue weighted by Crippen LogP contribution is 2.17. The molecule has 2 N–H and O–H groups in total. The Hall–Kier alpha value is -1.00. The Labute approximate surface area is 119 Å². The van der Waals surface area contributed by atoms with Crippen molar-refractivity contribution in [2.75, 3.05) is 24.6 Å². The monoisotopic (exact) mass is 278 g/mol. The van der Waals surface area contributed by atoms with E-state index in [1.165, 1.54) is 5.75 Å². The van der Waals surface area contributed by atoms with Gasteiger partial charge in [0, 0.05) is 31.3 Å². The molecule has 0 aliphatic carbocycles. The molecule has 1 amide bonds. The van der Waals surface area contributed by atoms with E-state index in [9.17, 15) is 4.79 Å². The number of hydrogen-bond acceptors (Lipinski definition) is 3. The third-order valence-corrected chi connectivity index (χ3v) is 4.52. The second kappa shape index (κ2) is 7.56. The number of thioether (sulfide) groups is 1. The van der Waals surface area contributed by atoms with E-state index < -0.39 is 0 Å². The summed E-state index contributed by atoms with van der Waals surface area (Å²) in [5.41, 5.74) is 7.24. The number of rotatable bonds is 4. The molecule has 4 heteroatoms. The third-order valence-electron chi connectivity index (χ3n) is 3.47. The van der Waals surface area contributed by atoms with Crippen LogP contribution in [-0.4, -0.2) is 35.4 Å². The first-order valence-electron chi connectivity index (χ1n) is 6.93. The maximum atomic E-state index is 12.1. The zero-order valence-corrected chi connectivity index (χ0v) is 12.1. The van der Waals surface area contributed by atoms with Gasteiger partial charge >= 0.3 is 0 Å². The second-order valence-corrected chi connectivity index (χ2v) is 6.13. The molecule has 2 rings (SSSR count). The highest BCUT2D eigenvalue weighted by molar-refractivity contribution is 7.99. The first-order valence-corrected chi connectivity index (χ1v) is 8.09. The molecule has 3 nitrogen and oxygen atoms in total. The normalized spacial score (nSPS) is 17.8. The number of amides is 1. The minimum absolute atomic E-state index is 0.0356. The van der Waals surface area contributed by atoms with Crippen molar-refractivity contribution >= 4 is 17.7 Å². The Balaban J connectivity index is 1.79. The van der Waals surface area contributed by atoms with Gasteiger partial charge in [-0.25, -0.2) is 0 Å². The zero-order chi connectivity index (χ0) is 13.5. The first-order chi connectivity index (χ1) is 9.27. The fraction of sp³-hybridized carbons (Fsp3) is 0.533. The van der Waals surface area contributed by atoms with E-state index in [0.717, 1.165) is 37.2 Å². The molecule has 104 valence electrons. The smallest absolute Gasteiger partial charge is 0.222 e. The quantitative estimate of drug-likeness (QED) is 0.920. The summed E-state index contributed by atoms with van der Waals surface area (Å²) in [6.07, 6.45) is 2.40. The van der Waals surface area contributed by atoms with Crippen molar-refractivity contribution in [3.63, 3.8) is 0 Å². The summed E-state index contributed by atoms with van der Waals surface area (Å²) in [7, 11) is 0. The van der Waals surface area contributed by atoms with Crippen molar-refractivity contribution in [1.82, 2.24) is 4.90 Å². The van der Waals surface area contributed by atoms with E-state index in [1.54, 1.807) is 0 Å². The fourth-order valence-corrected chi connectivity index (χ4v) is 3.19. The highest BCUT2D eigenvalue weighted by atomic mass is 32.2. The molecule has 1 aliphatic heterocycles. The summed E-state index contributed by atoms with van der Waals surface area (Å²) in [5.74, 6) is 2.50. The van der Waals surface area contributed by atoms with Crippen LogP contribution in [0.5, 0.6) is 0 Å². The molecule has 1 saturated heterocycles. The molecule has 1 atom stereocenters. The van der Waals surface area contributed by atoms with Crippen LogP contribution in [-0.2, 0) is 4.79 Å². The van der Waals surface area contributed by atoms with Crippen molar-refractivity contribution < 1.29 is 4.79 Å². The van der Waals surface area contributed by atoms with Gasteiger partial charge in [-0.15, -0.1) is 0 Å². The van der Waals surface area contributed by atoms with Gasteiger partial charge in [0.25, 0.3) is 0 Å². The molecule has 0 radical (unpaired) electrons. The summed E-state index contributed by atoms with van der Waals surface area (Å²) in [5, 5.41) is 0. The predicted molar refractivity (Wildman–Crippen MR) is 81.1 cm³/mol. The molecule has 1 fully saturated rings. The van der Waals surface area contributed by atoms with Gasteiger partial charge in [0.2, 0.25) is 5.91 Å². The van der Waals surface area contributed by atoms with Crippen LogP contribution in [0.3, 0.4) is 0 Å². The Morgan fingerprint density at radius 1 is 1.26 bits per heavy atom. The van der Waals surface area contributed by atoms with Gasteiger partial charge in [-0.3, -0.25) is 4.79 Å². The lowest BCUT2D eigenvalue weighted by Gasteiger charge is -2.21. The Morgan fingerprint density at radius 3 is 2.84 bits per heavy atom. The van der Waals surface area contributed by atoms with Crippen LogP contribution in [0.2, 0.25) is 0 Å². The largest absolute Gasteiger partial charge is 0.342 e. The molecular weight excluding hydrogens is 256 g/mol. The van der Waals surface area contributed by atoms with E-state index in [1.807, 2.05) is 47.0 Å². The summed E-state index contributed by atoms with van der Waals surface area (Å²) in [6.45, 7) is 1.80. The maximum absolute atomic E-state index is 12.1. The lowest BCUT2D eigenvalue weighted by Crippen LogP contribution is -2.33. The number of benzene rings is 1. The Morgan fingerprint density at radius 2 is 2.05 bits per heavy atom. The predicted octanol–water partition coefficient (Wildman–Crippen LogP) is 2.43. The van der Waals surface area contributed by atoms with E-state index in [2.05, 4.69) is 0 Å². The van der Waals surface area contributed by atoms with Crippen molar-refractivity contribution in [2.45, 2.75) is 25.3 Å². The third kappa shape index (κ3) is 4.55. The molecule has 19 heavy (non-hydrogen) atoms. The van der Waals surface area contributed by atoms with Gasteiger partial charge < -0.3 is 10.6 Å². The van der Waals surface area contributed by atoms with Crippen LogP contribution in [0.4, 0.5) is 0 Å². The number of nitrogens with zero attached hydrogens (tertiary/aromatic N) is 1. The lowest BCUT2D eigenvalue weighted by atomic mass is 10.0. The zero-order valence-electron chi connectivity index (χ0n) is 11.3. The minimum Gasteiger partial charge on any atom is -0.342 e. The van der Waals surface area contributed by atoms with Crippen LogP contribution in [0.1, 0.15) is 30.9 Å². The standard InChI is InChI=1S/C15H22N2OS/c16-14(13-5-2-1-3-6-13)7-8-15(18)17-9-4-11-19-12-10-17/h1-3,5-6,14H,4,7-12,16H2. The molecular formula is C15H22N2OS. The van der Waals surface area contributed by atoms with Gasteiger partial charge in [-0.2, -0.15) is 11.8 Å². The minimum atomic E-state index is -0.0356. The topological polar surface area (TPSA) is 46.3 Å². The SMILES string of the molecule is NC(CCC(=O)N1CCCSCC1)c1ccccc1. The summed E-state index contributed by atoms with van der Waals surface area (Å²) >= 11 is 1.94. The van der Waals surface area contributed by atoms with Crippen LogP contribution < -0.4 is 5.73 Å². The number of carbonyl (C=O) groups is 1. The molecule has 1 aromatic rings. The number of hydrogen-bond donors (Lipinski definition) is 1. The molecule has 0 aromatic heterocycles. The Kier molecular flexibility index (Phi) is 5.73. The van der Waals surface area contributed by atoms with Crippen LogP contribution >= 0.6 is 11.8 Å². The van der Waals surface area contributed by atoms with Crippen LogP contribution in [0.25, 0.3) is 0 Å². The van der Waals surface area contributed by atoms with Gasteiger partial charge in [0.05, 0.1) is 0 Å². The summed E-state index contributed by atoms with van der Waals surface area (Å²) in [4.78, 5) is 14.1. The average Bonchev–Trinajstić information content (AvgIpc) is 2.74. The van der Waals surface area contributed by atoms with Gasteiger partial charge in [-0.05, 0) is 24.2 Å². The first kappa shape index (κ1) is 14.4. The van der Waals surface area contributed by atoms with E-state index >= 15 is 0 Å². The maximum Gasteiger partial charge on any atom is 0.222 e. The summed E-state index contributed by atoms with van der Waals surface area (Å²) < 4.78 is 0. The molecule has 1 heterocycles. The van der Waals surface area contributed by atoms with E-state index in [-0.39, 0.29) is 11.9 Å². The van der Waals surface area contributed by atoms with Crippen molar-refractivity contribution in [2.24, 2.45) is 5.73 Å². The average molecular weight is 278 g/mol. The molecule has 1 aliphatic rings. The lowest BCUT2D eigenvalue weighted by molar-refractivity contribution is -0.131. The van der Waals surface area contributed by atoms with Gasteiger partial charge in [-0.1, -0.05) is 30.3 Å². The van der Waals surface area contributed by atoms with Crippen molar-refractivity contribution in [3.05, 3.63) is 35.9 Å². The Bertz CT molecular complexity index is 388.